The summed E-state index contributed by atoms with van der Waals surface area (Å²) in [5.74, 6) is 1.35. The Morgan fingerprint density at radius 1 is 1.06 bits per heavy atom. The maximum Gasteiger partial charge on any atom is 0.319 e. The molecule has 1 atom stereocenters. The second-order valence-corrected chi connectivity index (χ2v) is 8.38. The summed E-state index contributed by atoms with van der Waals surface area (Å²) in [6, 6.07) is 19.3. The van der Waals surface area contributed by atoms with E-state index < -0.39 is 0 Å². The average molecular weight is 437 g/mol. The van der Waals surface area contributed by atoms with Gasteiger partial charge in [-0.15, -0.1) is 0 Å². The lowest BCUT2D eigenvalue weighted by molar-refractivity contribution is -0.137. The first-order valence-electron chi connectivity index (χ1n) is 10.8. The van der Waals surface area contributed by atoms with Gasteiger partial charge in [0.15, 0.2) is 11.5 Å². The molecule has 0 saturated carbocycles. The van der Waals surface area contributed by atoms with Crippen LogP contribution >= 0.6 is 11.6 Å². The van der Waals surface area contributed by atoms with E-state index in [1.807, 2.05) is 56.3 Å². The highest BCUT2D eigenvalue weighted by atomic mass is 35.5. The van der Waals surface area contributed by atoms with Crippen LogP contribution in [-0.2, 0) is 17.6 Å². The van der Waals surface area contributed by atoms with E-state index >= 15 is 0 Å². The highest BCUT2D eigenvalue weighted by Gasteiger charge is 2.28. The van der Waals surface area contributed by atoms with Crippen LogP contribution in [0.5, 0.6) is 5.75 Å². The highest BCUT2D eigenvalue weighted by molar-refractivity contribution is 6.30. The van der Waals surface area contributed by atoms with Gasteiger partial charge in [-0.25, -0.2) is 0 Å². The van der Waals surface area contributed by atoms with Gasteiger partial charge >= 0.3 is 5.97 Å². The fourth-order valence-electron chi connectivity index (χ4n) is 3.57. The zero-order valence-corrected chi connectivity index (χ0v) is 19.1. The zero-order valence-electron chi connectivity index (χ0n) is 18.3. The van der Waals surface area contributed by atoms with Gasteiger partial charge in [0.2, 0.25) is 0 Å². The maximum atomic E-state index is 13.2. The molecule has 1 aromatic heterocycles. The maximum absolute atomic E-state index is 13.2. The quantitative estimate of drug-likeness (QED) is 0.259. The zero-order chi connectivity index (χ0) is 22.2. The van der Waals surface area contributed by atoms with E-state index in [0.29, 0.717) is 29.4 Å². The van der Waals surface area contributed by atoms with Crippen molar-refractivity contribution < 1.29 is 13.9 Å². The van der Waals surface area contributed by atoms with Gasteiger partial charge in [0.1, 0.15) is 5.76 Å². The lowest BCUT2D eigenvalue weighted by Crippen LogP contribution is -2.23. The van der Waals surface area contributed by atoms with Gasteiger partial charge in [-0.05, 0) is 35.6 Å². The van der Waals surface area contributed by atoms with Crippen molar-refractivity contribution in [3.05, 3.63) is 100 Å². The van der Waals surface area contributed by atoms with Gasteiger partial charge in [0.05, 0.1) is 5.92 Å². The molecule has 162 valence electrons. The van der Waals surface area contributed by atoms with E-state index in [1.165, 1.54) is 0 Å². The van der Waals surface area contributed by atoms with E-state index in [4.69, 9.17) is 20.8 Å². The molecular formula is C27H29ClO3. The number of carbonyl (C=O) groups is 1. The van der Waals surface area contributed by atoms with Crippen molar-refractivity contribution in [3.63, 3.8) is 0 Å². The van der Waals surface area contributed by atoms with Crippen LogP contribution < -0.4 is 4.74 Å². The largest absolute Gasteiger partial charge is 0.461 e. The molecule has 3 aromatic rings. The van der Waals surface area contributed by atoms with Crippen molar-refractivity contribution in [1.82, 2.24) is 0 Å². The van der Waals surface area contributed by atoms with E-state index in [0.717, 1.165) is 23.3 Å². The number of allylic oxidation sites excluding steroid dienone is 2. The summed E-state index contributed by atoms with van der Waals surface area (Å²) in [6.45, 7) is 6.11. The molecule has 0 aliphatic rings. The van der Waals surface area contributed by atoms with Crippen molar-refractivity contribution in [2.75, 3.05) is 0 Å². The summed E-state index contributed by atoms with van der Waals surface area (Å²) in [7, 11) is 0. The van der Waals surface area contributed by atoms with E-state index in [2.05, 4.69) is 25.1 Å². The first-order valence-corrected chi connectivity index (χ1v) is 11.1. The monoisotopic (exact) mass is 436 g/mol. The molecule has 0 N–H and O–H groups in total. The van der Waals surface area contributed by atoms with Crippen LogP contribution in [0.25, 0.3) is 0 Å². The standard InChI is InChI=1S/C27H29ClO3/c1-4-5-7-12-24-25(18-23(30-24)17-20-10-8-6-9-11-20)31-27(29)26(19(2)3)21-13-15-22(28)16-14-21/h5-11,13-16,18-19,26H,4,12,17H2,1-3H3. The van der Waals surface area contributed by atoms with Crippen LogP contribution in [0.15, 0.2) is 77.2 Å². The Kier molecular flexibility index (Phi) is 8.13. The predicted molar refractivity (Wildman–Crippen MR) is 126 cm³/mol. The van der Waals surface area contributed by atoms with Crippen molar-refractivity contribution >= 4 is 17.6 Å². The van der Waals surface area contributed by atoms with Crippen molar-refractivity contribution in [1.29, 1.82) is 0 Å². The fourth-order valence-corrected chi connectivity index (χ4v) is 3.70. The third-order valence-electron chi connectivity index (χ3n) is 5.11. The summed E-state index contributed by atoms with van der Waals surface area (Å²) in [4.78, 5) is 13.2. The van der Waals surface area contributed by atoms with Crippen molar-refractivity contribution in [2.24, 2.45) is 5.92 Å². The molecule has 31 heavy (non-hydrogen) atoms. The van der Waals surface area contributed by atoms with E-state index in [1.54, 1.807) is 12.1 Å². The molecule has 0 amide bonds. The van der Waals surface area contributed by atoms with Crippen molar-refractivity contribution in [2.45, 2.75) is 46.0 Å². The molecule has 0 aliphatic heterocycles. The molecule has 0 saturated heterocycles. The summed E-state index contributed by atoms with van der Waals surface area (Å²) in [5.41, 5.74) is 2.04. The smallest absolute Gasteiger partial charge is 0.319 e. The number of hydrogen-bond acceptors (Lipinski definition) is 3. The molecule has 3 nitrogen and oxygen atoms in total. The van der Waals surface area contributed by atoms with Crippen LogP contribution in [0, 0.1) is 5.92 Å². The summed E-state index contributed by atoms with van der Waals surface area (Å²) < 4.78 is 12.0. The Labute approximate surface area is 189 Å². The number of ether oxygens (including phenoxy) is 1. The Morgan fingerprint density at radius 2 is 1.77 bits per heavy atom. The van der Waals surface area contributed by atoms with Gasteiger partial charge in [-0.2, -0.15) is 0 Å². The number of esters is 1. The van der Waals surface area contributed by atoms with Crippen LogP contribution in [0.4, 0.5) is 0 Å². The van der Waals surface area contributed by atoms with Gasteiger partial charge in [-0.3, -0.25) is 4.79 Å². The number of hydrogen-bond donors (Lipinski definition) is 0. The molecule has 0 bridgehead atoms. The minimum atomic E-state index is -0.385. The molecule has 3 rings (SSSR count). The summed E-state index contributed by atoms with van der Waals surface area (Å²) in [5, 5.41) is 0.644. The number of benzene rings is 2. The summed E-state index contributed by atoms with van der Waals surface area (Å²) in [6.07, 6.45) is 6.29. The van der Waals surface area contributed by atoms with Gasteiger partial charge < -0.3 is 9.15 Å². The van der Waals surface area contributed by atoms with Crippen LogP contribution in [0.2, 0.25) is 5.02 Å². The number of rotatable bonds is 9. The van der Waals surface area contributed by atoms with Gasteiger partial charge in [0, 0.05) is 23.9 Å². The van der Waals surface area contributed by atoms with E-state index in [-0.39, 0.29) is 17.8 Å². The summed E-state index contributed by atoms with van der Waals surface area (Å²) >= 11 is 6.02. The van der Waals surface area contributed by atoms with Gasteiger partial charge in [0.25, 0.3) is 0 Å². The molecule has 0 radical (unpaired) electrons. The highest BCUT2D eigenvalue weighted by Crippen LogP contribution is 2.31. The minimum Gasteiger partial charge on any atom is -0.461 e. The lowest BCUT2D eigenvalue weighted by atomic mass is 9.88. The van der Waals surface area contributed by atoms with Crippen LogP contribution in [0.1, 0.15) is 55.8 Å². The molecule has 2 aromatic carbocycles. The molecule has 4 heteroatoms. The number of halogens is 1. The molecule has 0 aliphatic carbocycles. The Hall–Kier alpha value is -2.78. The first kappa shape index (κ1) is 22.9. The molecular weight excluding hydrogens is 408 g/mol. The van der Waals surface area contributed by atoms with Crippen LogP contribution in [0.3, 0.4) is 0 Å². The third-order valence-corrected chi connectivity index (χ3v) is 5.36. The Bertz CT molecular complexity index is 1000. The van der Waals surface area contributed by atoms with E-state index in [9.17, 15) is 4.79 Å². The van der Waals surface area contributed by atoms with Crippen molar-refractivity contribution in [3.8, 4) is 5.75 Å². The lowest BCUT2D eigenvalue weighted by Gasteiger charge is -2.19. The topological polar surface area (TPSA) is 39.4 Å². The minimum absolute atomic E-state index is 0.0767. The Morgan fingerprint density at radius 3 is 2.42 bits per heavy atom. The molecule has 0 fully saturated rings. The normalized spacial score (nSPS) is 12.4. The molecule has 0 spiro atoms. The Balaban J connectivity index is 1.85. The van der Waals surface area contributed by atoms with Gasteiger partial charge in [-0.1, -0.05) is 87.0 Å². The predicted octanol–water partition coefficient (Wildman–Crippen LogP) is 7.38. The number of furan rings is 1. The van der Waals surface area contributed by atoms with Crippen LogP contribution in [-0.4, -0.2) is 5.97 Å². The second-order valence-electron chi connectivity index (χ2n) is 7.94. The fraction of sp³-hybridized carbons (Fsp3) is 0.296. The SMILES string of the molecule is CCC=CCc1oc(Cc2ccccc2)cc1OC(=O)C(c1ccc(Cl)cc1)C(C)C. The molecule has 1 heterocycles. The third kappa shape index (κ3) is 6.35. The average Bonchev–Trinajstić information content (AvgIpc) is 3.11. The molecule has 1 unspecified atom stereocenters. The number of carbonyl (C=O) groups excluding carboxylic acids is 1. The first-order chi connectivity index (χ1) is 15.0. The second kappa shape index (κ2) is 11.0.